The zero-order valence-corrected chi connectivity index (χ0v) is 19.7. The van der Waals surface area contributed by atoms with Crippen LogP contribution in [0.25, 0.3) is 10.9 Å². The van der Waals surface area contributed by atoms with Gasteiger partial charge in [-0.2, -0.15) is 0 Å². The number of carbonyl (C=O) groups is 2. The monoisotopic (exact) mass is 464 g/mol. The van der Waals surface area contributed by atoms with Gasteiger partial charge in [-0.1, -0.05) is 49.2 Å². The molecule has 0 aliphatic heterocycles. The molecule has 6 N–H and O–H groups in total. The van der Waals surface area contributed by atoms with Crippen molar-refractivity contribution in [3.05, 3.63) is 65.9 Å². The lowest BCUT2D eigenvalue weighted by Gasteiger charge is -2.19. The van der Waals surface area contributed by atoms with E-state index in [0.717, 1.165) is 47.7 Å². The third kappa shape index (κ3) is 7.63. The molecule has 7 nitrogen and oxygen atoms in total. The van der Waals surface area contributed by atoms with Crippen LogP contribution in [0.2, 0.25) is 0 Å². The Hall–Kier alpha value is -3.32. The molecule has 1 aromatic heterocycles. The van der Waals surface area contributed by atoms with Gasteiger partial charge in [0.05, 0.1) is 0 Å². The standard InChI is InChI=1S/C27H36N4O3/c28-16-8-2-1-3-15-26(33)31-24(18-21-19-30-23-13-6-5-12-22(21)23)27(34)29-17-9-11-20-10-4-7-14-25(20)32/h4-7,10,12-14,19,24,30,32H,1-3,8-9,11,15-18,28H2,(H,29,34)(H,31,33). The first-order chi connectivity index (χ1) is 16.6. The van der Waals surface area contributed by atoms with Crippen molar-refractivity contribution < 1.29 is 14.7 Å². The Kier molecular flexibility index (Phi) is 9.98. The molecule has 2 aromatic carbocycles. The maximum absolute atomic E-state index is 13.0. The third-order valence-corrected chi connectivity index (χ3v) is 6.02. The number of unbranched alkanes of at least 4 members (excludes halogenated alkanes) is 3. The predicted molar refractivity (Wildman–Crippen MR) is 136 cm³/mol. The highest BCUT2D eigenvalue weighted by atomic mass is 16.3. The first-order valence-electron chi connectivity index (χ1n) is 12.2. The lowest BCUT2D eigenvalue weighted by molar-refractivity contribution is -0.129. The number of aromatic hydroxyl groups is 1. The molecule has 7 heteroatoms. The topological polar surface area (TPSA) is 120 Å². The van der Waals surface area contributed by atoms with Crippen LogP contribution in [0.3, 0.4) is 0 Å². The number of hydrogen-bond acceptors (Lipinski definition) is 4. The van der Waals surface area contributed by atoms with Crippen molar-refractivity contribution in [3.8, 4) is 5.75 Å². The van der Waals surface area contributed by atoms with Gasteiger partial charge in [0.1, 0.15) is 11.8 Å². The van der Waals surface area contributed by atoms with Gasteiger partial charge in [-0.3, -0.25) is 9.59 Å². The van der Waals surface area contributed by atoms with Crippen molar-refractivity contribution in [1.82, 2.24) is 15.6 Å². The minimum absolute atomic E-state index is 0.109. The lowest BCUT2D eigenvalue weighted by Crippen LogP contribution is -2.48. The molecule has 0 saturated heterocycles. The molecule has 0 saturated carbocycles. The predicted octanol–water partition coefficient (Wildman–Crippen LogP) is 3.56. The van der Waals surface area contributed by atoms with Gasteiger partial charge in [-0.15, -0.1) is 0 Å². The summed E-state index contributed by atoms with van der Waals surface area (Å²) >= 11 is 0. The van der Waals surface area contributed by atoms with Crippen molar-refractivity contribution >= 4 is 22.7 Å². The van der Waals surface area contributed by atoms with E-state index in [9.17, 15) is 14.7 Å². The maximum atomic E-state index is 13.0. The summed E-state index contributed by atoms with van der Waals surface area (Å²) in [7, 11) is 0. The maximum Gasteiger partial charge on any atom is 0.242 e. The molecule has 0 spiro atoms. The highest BCUT2D eigenvalue weighted by molar-refractivity contribution is 5.89. The van der Waals surface area contributed by atoms with Crippen molar-refractivity contribution in [1.29, 1.82) is 0 Å². The Labute approximate surface area is 201 Å². The van der Waals surface area contributed by atoms with Crippen molar-refractivity contribution in [2.75, 3.05) is 13.1 Å². The Balaban J connectivity index is 1.57. The Morgan fingerprint density at radius 1 is 0.941 bits per heavy atom. The summed E-state index contributed by atoms with van der Waals surface area (Å²) in [6.45, 7) is 1.13. The number of rotatable bonds is 14. The zero-order chi connectivity index (χ0) is 24.2. The molecule has 3 aromatic rings. The molecule has 182 valence electrons. The first-order valence-corrected chi connectivity index (χ1v) is 12.2. The number of para-hydroxylation sites is 2. The summed E-state index contributed by atoms with van der Waals surface area (Å²) in [5, 5.41) is 16.9. The van der Waals surface area contributed by atoms with Crippen LogP contribution in [0, 0.1) is 0 Å². The summed E-state index contributed by atoms with van der Waals surface area (Å²) in [6.07, 6.45) is 7.79. The molecular formula is C27H36N4O3. The van der Waals surface area contributed by atoms with Gasteiger partial charge < -0.3 is 26.5 Å². The zero-order valence-electron chi connectivity index (χ0n) is 19.7. The van der Waals surface area contributed by atoms with Crippen LogP contribution in [0.4, 0.5) is 0 Å². The summed E-state index contributed by atoms with van der Waals surface area (Å²) in [5.41, 5.74) is 8.38. The van der Waals surface area contributed by atoms with E-state index in [0.29, 0.717) is 38.8 Å². The van der Waals surface area contributed by atoms with Gasteiger partial charge in [-0.05, 0) is 55.5 Å². The molecule has 1 atom stereocenters. The number of H-pyrrole nitrogens is 1. The van der Waals surface area contributed by atoms with E-state index in [1.54, 1.807) is 12.1 Å². The molecule has 1 heterocycles. The van der Waals surface area contributed by atoms with E-state index in [2.05, 4.69) is 15.6 Å². The number of carbonyl (C=O) groups excluding carboxylic acids is 2. The molecule has 0 bridgehead atoms. The summed E-state index contributed by atoms with van der Waals surface area (Å²) in [5.74, 6) is -0.0363. The highest BCUT2D eigenvalue weighted by Crippen LogP contribution is 2.20. The second-order valence-corrected chi connectivity index (χ2v) is 8.66. The third-order valence-electron chi connectivity index (χ3n) is 6.02. The number of phenolic OH excluding ortho intramolecular Hbond substituents is 1. The second kappa shape index (κ2) is 13.4. The number of phenols is 1. The normalized spacial score (nSPS) is 11.9. The average Bonchev–Trinajstić information content (AvgIpc) is 3.25. The van der Waals surface area contributed by atoms with Gasteiger partial charge in [0.15, 0.2) is 0 Å². The molecule has 3 rings (SSSR count). The highest BCUT2D eigenvalue weighted by Gasteiger charge is 2.22. The first kappa shape index (κ1) is 25.3. The fraction of sp³-hybridized carbons (Fsp3) is 0.407. The summed E-state index contributed by atoms with van der Waals surface area (Å²) in [6, 6.07) is 14.5. The van der Waals surface area contributed by atoms with E-state index in [1.165, 1.54) is 0 Å². The van der Waals surface area contributed by atoms with Crippen molar-refractivity contribution in [2.45, 2.75) is 57.4 Å². The molecular weight excluding hydrogens is 428 g/mol. The minimum atomic E-state index is -0.652. The van der Waals surface area contributed by atoms with E-state index in [4.69, 9.17) is 5.73 Å². The number of aryl methyl sites for hydroxylation is 1. The van der Waals surface area contributed by atoms with Crippen LogP contribution in [0.5, 0.6) is 5.75 Å². The summed E-state index contributed by atoms with van der Waals surface area (Å²) < 4.78 is 0. The quantitative estimate of drug-likeness (QED) is 0.234. The number of benzene rings is 2. The largest absolute Gasteiger partial charge is 0.508 e. The van der Waals surface area contributed by atoms with Crippen molar-refractivity contribution in [3.63, 3.8) is 0 Å². The molecule has 1 unspecified atom stereocenters. The molecule has 0 fully saturated rings. The molecule has 34 heavy (non-hydrogen) atoms. The number of nitrogens with one attached hydrogen (secondary N) is 3. The number of amides is 2. The molecule has 0 radical (unpaired) electrons. The number of hydrogen-bond donors (Lipinski definition) is 5. The average molecular weight is 465 g/mol. The van der Waals surface area contributed by atoms with Crippen LogP contribution in [-0.4, -0.2) is 41.0 Å². The van der Waals surface area contributed by atoms with E-state index < -0.39 is 6.04 Å². The van der Waals surface area contributed by atoms with E-state index >= 15 is 0 Å². The van der Waals surface area contributed by atoms with Gasteiger partial charge in [0, 0.05) is 36.5 Å². The molecule has 2 amide bonds. The molecule has 0 aliphatic carbocycles. The van der Waals surface area contributed by atoms with Gasteiger partial charge in [0.25, 0.3) is 0 Å². The van der Waals surface area contributed by atoms with Crippen LogP contribution >= 0.6 is 0 Å². The Bertz CT molecular complexity index is 1060. The minimum Gasteiger partial charge on any atom is -0.508 e. The number of aromatic nitrogens is 1. The fourth-order valence-electron chi connectivity index (χ4n) is 4.12. The number of nitrogens with two attached hydrogens (primary N) is 1. The van der Waals surface area contributed by atoms with Crippen LogP contribution in [0.15, 0.2) is 54.7 Å². The smallest absolute Gasteiger partial charge is 0.242 e. The SMILES string of the molecule is NCCCCCCC(=O)NC(Cc1c[nH]c2ccccc12)C(=O)NCCCc1ccccc1O. The number of aromatic amines is 1. The lowest BCUT2D eigenvalue weighted by atomic mass is 10.0. The van der Waals surface area contributed by atoms with E-state index in [-0.39, 0.29) is 17.6 Å². The van der Waals surface area contributed by atoms with E-state index in [1.807, 2.05) is 42.6 Å². The Morgan fingerprint density at radius 2 is 1.71 bits per heavy atom. The van der Waals surface area contributed by atoms with Crippen LogP contribution < -0.4 is 16.4 Å². The van der Waals surface area contributed by atoms with Crippen molar-refractivity contribution in [2.24, 2.45) is 5.73 Å². The summed E-state index contributed by atoms with van der Waals surface area (Å²) in [4.78, 5) is 28.9. The molecule has 0 aliphatic rings. The second-order valence-electron chi connectivity index (χ2n) is 8.66. The van der Waals surface area contributed by atoms with Gasteiger partial charge in [0.2, 0.25) is 11.8 Å². The fourth-order valence-corrected chi connectivity index (χ4v) is 4.12. The van der Waals surface area contributed by atoms with Gasteiger partial charge >= 0.3 is 0 Å². The van der Waals surface area contributed by atoms with Crippen LogP contribution in [-0.2, 0) is 22.4 Å². The van der Waals surface area contributed by atoms with Crippen LogP contribution in [0.1, 0.15) is 49.7 Å². The number of fused-ring (bicyclic) bond motifs is 1. The van der Waals surface area contributed by atoms with Gasteiger partial charge in [-0.25, -0.2) is 0 Å². The Morgan fingerprint density at radius 3 is 2.53 bits per heavy atom.